The number of carbonyl (C=O) groups is 1. The van der Waals surface area contributed by atoms with Gasteiger partial charge in [-0.3, -0.25) is 14.8 Å². The van der Waals surface area contributed by atoms with Crippen LogP contribution in [0.5, 0.6) is 5.75 Å². The minimum atomic E-state index is -4.36. The number of aldehydes is 1. The Bertz CT molecular complexity index is 2110. The molecule has 0 spiro atoms. The van der Waals surface area contributed by atoms with E-state index < -0.39 is 11.7 Å². The fourth-order valence-electron chi connectivity index (χ4n) is 5.70. The van der Waals surface area contributed by atoms with Crippen molar-refractivity contribution in [3.05, 3.63) is 108 Å². The van der Waals surface area contributed by atoms with Gasteiger partial charge in [0.1, 0.15) is 18.6 Å². The molecule has 0 fully saturated rings. The van der Waals surface area contributed by atoms with Crippen LogP contribution in [-0.2, 0) is 48.8 Å². The number of nitrogens with one attached hydrogen (secondary N) is 1. The lowest BCUT2D eigenvalue weighted by Crippen LogP contribution is -2.15. The predicted molar refractivity (Wildman–Crippen MR) is 271 cm³/mol. The molecule has 0 aliphatic rings. The second kappa shape index (κ2) is 40.0. The summed E-state index contributed by atoms with van der Waals surface area (Å²) >= 11 is 0. The number of rotatable bonds is 37. The first-order valence-corrected chi connectivity index (χ1v) is 23.3. The lowest BCUT2D eigenvalue weighted by atomic mass is 10.1. The minimum Gasteiger partial charge on any atom is -0.490 e. The van der Waals surface area contributed by atoms with Crippen molar-refractivity contribution in [1.29, 1.82) is 0 Å². The van der Waals surface area contributed by atoms with Gasteiger partial charge in [0.15, 0.2) is 0 Å². The van der Waals surface area contributed by atoms with Gasteiger partial charge in [0.25, 0.3) is 0 Å². The number of imidazole rings is 1. The van der Waals surface area contributed by atoms with Crippen LogP contribution < -0.4 is 21.5 Å². The SMILES string of the molecule is C=N/C=C\C(=Nc1cc(C=O)ccc1C)c1cncc(OCCOCCOCCOCCOCCOCCOCCOCCOCCOCCN)c1.CN.CNc1cc(-n2cnc(C)c2)cc(C(F)(F)F)c1. The molecule has 5 N–H and O–H groups in total. The largest absolute Gasteiger partial charge is 0.490 e. The average molecular weight is 1020 g/mol. The van der Waals surface area contributed by atoms with Gasteiger partial charge < -0.3 is 68.7 Å². The molecule has 22 heteroatoms. The number of benzene rings is 2. The molecule has 4 rings (SSSR count). The van der Waals surface area contributed by atoms with Crippen LogP contribution >= 0.6 is 0 Å². The molecule has 0 amide bonds. The summed E-state index contributed by atoms with van der Waals surface area (Å²) in [6.07, 6.45) is 6.17. The van der Waals surface area contributed by atoms with Crippen LogP contribution in [0.1, 0.15) is 32.7 Å². The first-order valence-electron chi connectivity index (χ1n) is 23.3. The Morgan fingerprint density at radius 3 is 1.68 bits per heavy atom. The highest BCUT2D eigenvalue weighted by atomic mass is 19.4. The first kappa shape index (κ1) is 62.6. The third-order valence-corrected chi connectivity index (χ3v) is 9.24. The summed E-state index contributed by atoms with van der Waals surface area (Å²) in [4.78, 5) is 28.1. The Labute approximate surface area is 421 Å². The van der Waals surface area contributed by atoms with Crippen LogP contribution in [0.2, 0.25) is 0 Å². The van der Waals surface area contributed by atoms with Crippen molar-refractivity contribution in [3.8, 4) is 11.4 Å². The topological polar surface area (TPSA) is 229 Å². The van der Waals surface area contributed by atoms with Gasteiger partial charge in [-0.05, 0) is 69.6 Å². The third-order valence-electron chi connectivity index (χ3n) is 9.24. The standard InChI is InChI=1S/C37H56N4O11.C12H12F3N3.CH5N/c1-32-3-4-33(31-42)27-37(32)41-36(5-7-39-2)34-28-35(30-40-29-34)52-26-25-51-24-23-50-22-21-49-20-19-48-18-17-47-16-15-46-14-13-45-12-11-44-10-9-43-8-6-38;1-8-6-18(7-17-8)11-4-9(12(13,14)15)3-10(5-11)16-2;1-2/h3-5,7,27-31H,2,6,8-26,38H2,1H3;3-7,16H,1-2H3;2H2,1H3/b7-5-,41-36?;;. The van der Waals surface area contributed by atoms with Gasteiger partial charge in [0.2, 0.25) is 0 Å². The second-order valence-electron chi connectivity index (χ2n) is 14.7. The number of hydrogen-bond acceptors (Lipinski definition) is 18. The van der Waals surface area contributed by atoms with Gasteiger partial charge in [-0.25, -0.2) is 9.98 Å². The molecular weight excluding hydrogens is 946 g/mol. The highest BCUT2D eigenvalue weighted by Crippen LogP contribution is 2.33. The van der Waals surface area contributed by atoms with Crippen molar-refractivity contribution in [1.82, 2.24) is 14.5 Å². The second-order valence-corrected chi connectivity index (χ2v) is 14.7. The number of carbonyl (C=O) groups excluding carboxylic acids is 1. The molecule has 0 atom stereocenters. The number of aliphatic imine (C=N–C) groups is 2. The highest BCUT2D eigenvalue weighted by Gasteiger charge is 2.31. The lowest BCUT2D eigenvalue weighted by molar-refractivity contribution is -0.137. The molecule has 19 nitrogen and oxygen atoms in total. The summed E-state index contributed by atoms with van der Waals surface area (Å²) in [5.41, 5.74) is 14.2. The van der Waals surface area contributed by atoms with Gasteiger partial charge in [-0.1, -0.05) is 12.1 Å². The maximum absolute atomic E-state index is 12.8. The zero-order chi connectivity index (χ0) is 52.5. The van der Waals surface area contributed by atoms with Crippen molar-refractivity contribution < 1.29 is 65.3 Å². The van der Waals surface area contributed by atoms with Crippen molar-refractivity contribution in [3.63, 3.8) is 0 Å². The van der Waals surface area contributed by atoms with Crippen molar-refractivity contribution >= 4 is 30.1 Å². The van der Waals surface area contributed by atoms with Crippen molar-refractivity contribution in [2.45, 2.75) is 20.0 Å². The number of alkyl halides is 3. The zero-order valence-corrected chi connectivity index (χ0v) is 41.9. The van der Waals surface area contributed by atoms with Gasteiger partial charge in [-0.15, -0.1) is 0 Å². The van der Waals surface area contributed by atoms with Crippen LogP contribution in [0.4, 0.5) is 24.5 Å². The fraction of sp³-hybridized carbons (Fsp3) is 0.500. The summed E-state index contributed by atoms with van der Waals surface area (Å²) in [6.45, 7) is 16.9. The van der Waals surface area contributed by atoms with E-state index in [0.717, 1.165) is 35.2 Å². The van der Waals surface area contributed by atoms with Crippen LogP contribution in [-0.4, -0.2) is 179 Å². The van der Waals surface area contributed by atoms with E-state index in [2.05, 4.69) is 32.7 Å². The van der Waals surface area contributed by atoms with E-state index in [1.807, 2.05) is 19.1 Å². The van der Waals surface area contributed by atoms with E-state index in [1.54, 1.807) is 67.6 Å². The molecule has 0 aliphatic carbocycles. The number of nitrogens with zero attached hydrogens (tertiary/aromatic N) is 5. The van der Waals surface area contributed by atoms with E-state index in [4.69, 9.17) is 58.1 Å². The number of hydrogen-bond donors (Lipinski definition) is 3. The van der Waals surface area contributed by atoms with E-state index in [1.165, 1.54) is 13.4 Å². The summed E-state index contributed by atoms with van der Waals surface area (Å²) in [5.74, 6) is 0.569. The Hall–Kier alpha value is -5.50. The number of anilines is 1. The van der Waals surface area contributed by atoms with Crippen LogP contribution in [0, 0.1) is 13.8 Å². The molecule has 0 saturated carbocycles. The minimum absolute atomic E-state index is 0.338. The van der Waals surface area contributed by atoms with Gasteiger partial charge in [0.05, 0.1) is 154 Å². The lowest BCUT2D eigenvalue weighted by Gasteiger charge is -2.12. The molecule has 2 heterocycles. The quantitative estimate of drug-likeness (QED) is 0.0274. The van der Waals surface area contributed by atoms with Crippen LogP contribution in [0.25, 0.3) is 5.69 Å². The molecule has 4 aromatic rings. The molecule has 2 aromatic heterocycles. The third kappa shape index (κ3) is 28.5. The number of halogens is 3. The van der Waals surface area contributed by atoms with Crippen LogP contribution in [0.3, 0.4) is 0 Å². The molecule has 0 bridgehead atoms. The number of aryl methyl sites for hydroxylation is 2. The maximum Gasteiger partial charge on any atom is 0.416 e. The van der Waals surface area contributed by atoms with Crippen molar-refractivity contribution in [2.75, 3.05) is 151 Å². The molecule has 0 unspecified atom stereocenters. The van der Waals surface area contributed by atoms with Crippen LogP contribution in [0.15, 0.2) is 89.6 Å². The number of nitrogens with two attached hydrogens (primary N) is 2. The van der Waals surface area contributed by atoms with E-state index >= 15 is 0 Å². The Balaban J connectivity index is 0.000000734. The zero-order valence-electron chi connectivity index (χ0n) is 41.9. The molecule has 2 aromatic carbocycles. The Kier molecular flexibility index (Phi) is 34.8. The number of aromatic nitrogens is 3. The molecule has 72 heavy (non-hydrogen) atoms. The Morgan fingerprint density at radius 2 is 1.24 bits per heavy atom. The summed E-state index contributed by atoms with van der Waals surface area (Å²) in [5, 5.41) is 2.72. The normalized spacial score (nSPS) is 11.5. The smallest absolute Gasteiger partial charge is 0.416 e. The molecular formula is C50H73F3N8O11. The monoisotopic (exact) mass is 1020 g/mol. The molecule has 400 valence electrons. The predicted octanol–water partition coefficient (Wildman–Crippen LogP) is 5.84. The van der Waals surface area contributed by atoms with E-state index in [9.17, 15) is 18.0 Å². The van der Waals surface area contributed by atoms with Gasteiger partial charge in [0, 0.05) is 54.7 Å². The maximum atomic E-state index is 12.8. The highest BCUT2D eigenvalue weighted by molar-refractivity contribution is 6.10. The molecule has 0 saturated heterocycles. The number of allylic oxidation sites excluding steroid dienone is 1. The van der Waals surface area contributed by atoms with Gasteiger partial charge >= 0.3 is 6.18 Å². The number of pyridine rings is 1. The average Bonchev–Trinajstić information content (AvgIpc) is 3.84. The first-order chi connectivity index (χ1) is 35.1. The summed E-state index contributed by atoms with van der Waals surface area (Å²) in [7, 11) is 3.08. The summed E-state index contributed by atoms with van der Waals surface area (Å²) in [6, 6.07) is 11.0. The van der Waals surface area contributed by atoms with E-state index in [0.29, 0.717) is 166 Å². The van der Waals surface area contributed by atoms with Gasteiger partial charge in [-0.2, -0.15) is 13.2 Å². The summed E-state index contributed by atoms with van der Waals surface area (Å²) < 4.78 is 94.8. The fourth-order valence-corrected chi connectivity index (χ4v) is 5.70. The molecule has 0 radical (unpaired) electrons. The van der Waals surface area contributed by atoms with E-state index in [-0.39, 0.29) is 0 Å². The molecule has 0 aliphatic heterocycles. The Morgan fingerprint density at radius 1 is 0.722 bits per heavy atom. The van der Waals surface area contributed by atoms with Crippen molar-refractivity contribution in [2.24, 2.45) is 21.5 Å². The number of ether oxygens (including phenoxy) is 10.